The van der Waals surface area contributed by atoms with Crippen LogP contribution in [0.15, 0.2) is 0 Å². The fourth-order valence-electron chi connectivity index (χ4n) is 2.79. The van der Waals surface area contributed by atoms with E-state index >= 15 is 0 Å². The summed E-state index contributed by atoms with van der Waals surface area (Å²) in [4.78, 5) is 11.2. The highest BCUT2D eigenvalue weighted by Gasteiger charge is 2.01. The van der Waals surface area contributed by atoms with Gasteiger partial charge in [-0.1, -0.05) is 90.9 Å². The highest BCUT2D eigenvalue weighted by Crippen LogP contribution is 2.15. The van der Waals surface area contributed by atoms with Gasteiger partial charge in [-0.05, 0) is 19.3 Å². The molecule has 22 heavy (non-hydrogen) atoms. The van der Waals surface area contributed by atoms with Gasteiger partial charge in [0.25, 0.3) is 0 Å². The minimum atomic E-state index is -0.0316. The number of hydrogen-bond acceptors (Lipinski definition) is 2. The van der Waals surface area contributed by atoms with Gasteiger partial charge in [-0.15, -0.1) is 0 Å². The lowest BCUT2D eigenvalue weighted by Crippen LogP contribution is -2.03. The minimum Gasteiger partial charge on any atom is -0.466 e. The van der Waals surface area contributed by atoms with E-state index in [4.69, 9.17) is 4.74 Å². The monoisotopic (exact) mass is 312 g/mol. The van der Waals surface area contributed by atoms with Gasteiger partial charge in [0.05, 0.1) is 6.61 Å². The van der Waals surface area contributed by atoms with Crippen LogP contribution in [-0.2, 0) is 9.53 Å². The number of esters is 1. The molecule has 2 heteroatoms. The van der Waals surface area contributed by atoms with Crippen LogP contribution < -0.4 is 0 Å². The van der Waals surface area contributed by atoms with Crippen molar-refractivity contribution < 1.29 is 9.53 Å². The van der Waals surface area contributed by atoms with E-state index in [0.29, 0.717) is 13.0 Å². The van der Waals surface area contributed by atoms with Gasteiger partial charge in [0.1, 0.15) is 0 Å². The molecule has 0 aromatic carbocycles. The van der Waals surface area contributed by atoms with E-state index in [1.54, 1.807) is 0 Å². The van der Waals surface area contributed by atoms with E-state index in [1.807, 2.05) is 6.92 Å². The van der Waals surface area contributed by atoms with Crippen LogP contribution in [0.1, 0.15) is 111 Å². The number of carbonyl (C=O) groups excluding carboxylic acids is 1. The van der Waals surface area contributed by atoms with Gasteiger partial charge < -0.3 is 4.74 Å². The summed E-state index contributed by atoms with van der Waals surface area (Å²) < 4.78 is 4.92. The maximum absolute atomic E-state index is 11.2. The SMILES string of the molecule is CCOC(=O)CCCCCCCCCCCCCC(C)CC. The molecular formula is C20H40O2. The fraction of sp³-hybridized carbons (Fsp3) is 0.950. The van der Waals surface area contributed by atoms with Crippen molar-refractivity contribution in [1.82, 2.24) is 0 Å². The van der Waals surface area contributed by atoms with Crippen molar-refractivity contribution in [1.29, 1.82) is 0 Å². The summed E-state index contributed by atoms with van der Waals surface area (Å²) in [6.45, 7) is 7.04. The Labute approximate surface area is 139 Å². The highest BCUT2D eigenvalue weighted by molar-refractivity contribution is 5.69. The van der Waals surface area contributed by atoms with Gasteiger partial charge in [0.15, 0.2) is 0 Å². The first-order valence-corrected chi connectivity index (χ1v) is 9.86. The first-order chi connectivity index (χ1) is 10.7. The third kappa shape index (κ3) is 15.9. The maximum atomic E-state index is 11.2. The number of unbranched alkanes of at least 4 members (excludes halogenated alkanes) is 10. The molecule has 1 unspecified atom stereocenters. The average Bonchev–Trinajstić information content (AvgIpc) is 2.51. The molecule has 0 aromatic heterocycles. The molecule has 2 nitrogen and oxygen atoms in total. The second-order valence-electron chi connectivity index (χ2n) is 6.75. The van der Waals surface area contributed by atoms with Crippen LogP contribution in [0.2, 0.25) is 0 Å². The van der Waals surface area contributed by atoms with Crippen LogP contribution in [0, 0.1) is 5.92 Å². The van der Waals surface area contributed by atoms with E-state index in [0.717, 1.165) is 12.3 Å². The van der Waals surface area contributed by atoms with E-state index in [1.165, 1.54) is 77.0 Å². The lowest BCUT2D eigenvalue weighted by atomic mass is 9.99. The standard InChI is InChI=1S/C20H40O2/c1-4-19(3)17-15-13-11-9-7-6-8-10-12-14-16-18-20(21)22-5-2/h19H,4-18H2,1-3H3. The van der Waals surface area contributed by atoms with Crippen molar-refractivity contribution in [3.63, 3.8) is 0 Å². The lowest BCUT2D eigenvalue weighted by Gasteiger charge is -2.07. The first-order valence-electron chi connectivity index (χ1n) is 9.86. The third-order valence-corrected chi connectivity index (χ3v) is 4.58. The Kier molecular flexibility index (Phi) is 16.4. The molecule has 0 aromatic rings. The van der Waals surface area contributed by atoms with Crippen LogP contribution in [-0.4, -0.2) is 12.6 Å². The Bertz CT molecular complexity index is 238. The molecule has 0 N–H and O–H groups in total. The topological polar surface area (TPSA) is 26.3 Å². The van der Waals surface area contributed by atoms with Crippen molar-refractivity contribution in [2.75, 3.05) is 6.61 Å². The zero-order chi connectivity index (χ0) is 16.5. The molecule has 0 saturated heterocycles. The number of hydrogen-bond donors (Lipinski definition) is 0. The largest absolute Gasteiger partial charge is 0.466 e. The third-order valence-electron chi connectivity index (χ3n) is 4.58. The van der Waals surface area contributed by atoms with Gasteiger partial charge in [-0.3, -0.25) is 4.79 Å². The van der Waals surface area contributed by atoms with Crippen molar-refractivity contribution in [3.05, 3.63) is 0 Å². The van der Waals surface area contributed by atoms with Crippen LogP contribution >= 0.6 is 0 Å². The van der Waals surface area contributed by atoms with Gasteiger partial charge in [-0.2, -0.15) is 0 Å². The van der Waals surface area contributed by atoms with Crippen molar-refractivity contribution in [2.45, 2.75) is 111 Å². The van der Waals surface area contributed by atoms with Crippen LogP contribution in [0.25, 0.3) is 0 Å². The summed E-state index contributed by atoms with van der Waals surface area (Å²) in [5, 5.41) is 0. The fourth-order valence-corrected chi connectivity index (χ4v) is 2.79. The minimum absolute atomic E-state index is 0.0316. The van der Waals surface area contributed by atoms with Gasteiger partial charge in [0.2, 0.25) is 0 Å². The lowest BCUT2D eigenvalue weighted by molar-refractivity contribution is -0.143. The Morgan fingerprint density at radius 3 is 1.68 bits per heavy atom. The second kappa shape index (κ2) is 16.8. The smallest absolute Gasteiger partial charge is 0.305 e. The van der Waals surface area contributed by atoms with Gasteiger partial charge >= 0.3 is 5.97 Å². The summed E-state index contributed by atoms with van der Waals surface area (Å²) in [6, 6.07) is 0. The van der Waals surface area contributed by atoms with Crippen LogP contribution in [0.5, 0.6) is 0 Å². The summed E-state index contributed by atoms with van der Waals surface area (Å²) >= 11 is 0. The van der Waals surface area contributed by atoms with Crippen LogP contribution in [0.3, 0.4) is 0 Å². The molecule has 0 radical (unpaired) electrons. The normalized spacial score (nSPS) is 12.3. The van der Waals surface area contributed by atoms with E-state index < -0.39 is 0 Å². The zero-order valence-electron chi connectivity index (χ0n) is 15.5. The summed E-state index contributed by atoms with van der Waals surface area (Å²) in [5.74, 6) is 0.889. The number of ether oxygens (including phenoxy) is 1. The molecule has 132 valence electrons. The summed E-state index contributed by atoms with van der Waals surface area (Å²) in [7, 11) is 0. The molecule has 0 rings (SSSR count). The molecule has 0 aliphatic carbocycles. The molecular weight excluding hydrogens is 272 g/mol. The quantitative estimate of drug-likeness (QED) is 0.235. The Morgan fingerprint density at radius 2 is 1.23 bits per heavy atom. The molecule has 0 aliphatic rings. The van der Waals surface area contributed by atoms with Crippen molar-refractivity contribution >= 4 is 5.97 Å². The second-order valence-corrected chi connectivity index (χ2v) is 6.75. The number of carbonyl (C=O) groups is 1. The Balaban J connectivity index is 3.07. The summed E-state index contributed by atoms with van der Waals surface area (Å²) in [6.07, 6.45) is 18.0. The molecule has 0 heterocycles. The molecule has 0 bridgehead atoms. The zero-order valence-corrected chi connectivity index (χ0v) is 15.5. The van der Waals surface area contributed by atoms with E-state index in [2.05, 4.69) is 13.8 Å². The molecule has 0 spiro atoms. The predicted octanol–water partition coefficient (Wildman–Crippen LogP) is 6.67. The van der Waals surface area contributed by atoms with E-state index in [9.17, 15) is 4.79 Å². The molecule has 1 atom stereocenters. The van der Waals surface area contributed by atoms with Crippen molar-refractivity contribution in [2.24, 2.45) is 5.92 Å². The molecule has 0 fully saturated rings. The first kappa shape index (κ1) is 21.5. The van der Waals surface area contributed by atoms with Crippen molar-refractivity contribution in [3.8, 4) is 0 Å². The molecule has 0 amide bonds. The van der Waals surface area contributed by atoms with E-state index in [-0.39, 0.29) is 5.97 Å². The average molecular weight is 313 g/mol. The highest BCUT2D eigenvalue weighted by atomic mass is 16.5. The van der Waals surface area contributed by atoms with Gasteiger partial charge in [-0.25, -0.2) is 0 Å². The molecule has 0 aliphatic heterocycles. The van der Waals surface area contributed by atoms with Crippen LogP contribution in [0.4, 0.5) is 0 Å². The van der Waals surface area contributed by atoms with Gasteiger partial charge in [0, 0.05) is 6.42 Å². The maximum Gasteiger partial charge on any atom is 0.305 e. The summed E-state index contributed by atoms with van der Waals surface area (Å²) in [5.41, 5.74) is 0. The molecule has 0 saturated carbocycles. The number of rotatable bonds is 16. The predicted molar refractivity (Wildman–Crippen MR) is 96.1 cm³/mol. The Morgan fingerprint density at radius 1 is 0.773 bits per heavy atom. The Hall–Kier alpha value is -0.530.